The summed E-state index contributed by atoms with van der Waals surface area (Å²) in [5.41, 5.74) is 2.31. The van der Waals surface area contributed by atoms with Gasteiger partial charge in [0.2, 0.25) is 0 Å². The van der Waals surface area contributed by atoms with Crippen molar-refractivity contribution >= 4 is 5.97 Å². The molecule has 1 unspecified atom stereocenters. The number of likely N-dealkylation sites (N-methyl/N-ethyl adjacent to an activating group) is 1. The molecule has 122 valence electrons. The molecule has 4 nitrogen and oxygen atoms in total. The second-order valence-electron chi connectivity index (χ2n) is 5.85. The van der Waals surface area contributed by atoms with Crippen LogP contribution < -0.4 is 5.32 Å². The summed E-state index contributed by atoms with van der Waals surface area (Å²) in [7, 11) is 3.58. The standard InChI is InChI=1S/C18H27NO3/c1-4-22-18(20)17(19-2)15-7-5-13(6-8-15)14-9-11-16(21-3)12-10-14/h5-8,14,16-17,19H,4,9-12H2,1-3H3. The van der Waals surface area contributed by atoms with Crippen LogP contribution in [-0.2, 0) is 14.3 Å². The Labute approximate surface area is 133 Å². The Bertz CT molecular complexity index is 464. The number of rotatable bonds is 6. The fourth-order valence-electron chi connectivity index (χ4n) is 3.24. The Morgan fingerprint density at radius 1 is 1.23 bits per heavy atom. The average Bonchev–Trinajstić information content (AvgIpc) is 2.56. The lowest BCUT2D eigenvalue weighted by molar-refractivity contribution is -0.145. The van der Waals surface area contributed by atoms with Crippen molar-refractivity contribution < 1.29 is 14.3 Å². The molecule has 1 aliphatic rings. The monoisotopic (exact) mass is 305 g/mol. The van der Waals surface area contributed by atoms with Crippen LogP contribution in [0.5, 0.6) is 0 Å². The van der Waals surface area contributed by atoms with E-state index in [0.717, 1.165) is 18.4 Å². The van der Waals surface area contributed by atoms with Crippen LogP contribution in [0.3, 0.4) is 0 Å². The second kappa shape index (κ2) is 8.30. The minimum absolute atomic E-state index is 0.224. The maximum absolute atomic E-state index is 11.9. The predicted octanol–water partition coefficient (Wildman–Crippen LogP) is 3.18. The fraction of sp³-hybridized carbons (Fsp3) is 0.611. The van der Waals surface area contributed by atoms with Crippen molar-refractivity contribution in [2.24, 2.45) is 0 Å². The zero-order valence-electron chi connectivity index (χ0n) is 13.8. The normalized spacial score (nSPS) is 23.0. The first-order valence-electron chi connectivity index (χ1n) is 8.16. The van der Waals surface area contributed by atoms with E-state index in [9.17, 15) is 4.79 Å². The maximum atomic E-state index is 11.9. The van der Waals surface area contributed by atoms with Crippen molar-refractivity contribution in [2.45, 2.75) is 50.7 Å². The third kappa shape index (κ3) is 4.08. The summed E-state index contributed by atoms with van der Waals surface area (Å²) in [6, 6.07) is 7.98. The highest BCUT2D eigenvalue weighted by molar-refractivity contribution is 5.77. The molecule has 0 radical (unpaired) electrons. The lowest BCUT2D eigenvalue weighted by atomic mass is 9.82. The van der Waals surface area contributed by atoms with Crippen LogP contribution in [0.4, 0.5) is 0 Å². The van der Waals surface area contributed by atoms with Gasteiger partial charge in [0, 0.05) is 7.11 Å². The summed E-state index contributed by atoms with van der Waals surface area (Å²) in [4.78, 5) is 11.9. The summed E-state index contributed by atoms with van der Waals surface area (Å²) in [5, 5.41) is 3.02. The van der Waals surface area contributed by atoms with Crippen LogP contribution in [0.1, 0.15) is 55.7 Å². The van der Waals surface area contributed by atoms with E-state index in [1.807, 2.05) is 19.1 Å². The van der Waals surface area contributed by atoms with Crippen molar-refractivity contribution in [1.82, 2.24) is 5.32 Å². The van der Waals surface area contributed by atoms with Crippen molar-refractivity contribution in [3.8, 4) is 0 Å². The van der Waals surface area contributed by atoms with Crippen molar-refractivity contribution in [1.29, 1.82) is 0 Å². The highest BCUT2D eigenvalue weighted by Gasteiger charge is 2.23. The average molecular weight is 305 g/mol. The van der Waals surface area contributed by atoms with Gasteiger partial charge in [-0.1, -0.05) is 24.3 Å². The van der Waals surface area contributed by atoms with Gasteiger partial charge in [-0.2, -0.15) is 0 Å². The number of hydrogen-bond acceptors (Lipinski definition) is 4. The zero-order chi connectivity index (χ0) is 15.9. The first kappa shape index (κ1) is 17.0. The number of carbonyl (C=O) groups is 1. The largest absolute Gasteiger partial charge is 0.465 e. The number of benzene rings is 1. The Morgan fingerprint density at radius 2 is 1.86 bits per heavy atom. The van der Waals surface area contributed by atoms with Gasteiger partial charge in [-0.15, -0.1) is 0 Å². The van der Waals surface area contributed by atoms with Gasteiger partial charge >= 0.3 is 5.97 Å². The predicted molar refractivity (Wildman–Crippen MR) is 86.9 cm³/mol. The SMILES string of the molecule is CCOC(=O)C(NC)c1ccc(C2CCC(OC)CC2)cc1. The molecule has 0 heterocycles. The first-order chi connectivity index (χ1) is 10.7. The van der Waals surface area contributed by atoms with E-state index in [2.05, 4.69) is 17.4 Å². The molecule has 1 aromatic rings. The molecule has 0 aliphatic heterocycles. The molecule has 1 saturated carbocycles. The summed E-state index contributed by atoms with van der Waals surface area (Å²) in [6.45, 7) is 2.22. The van der Waals surface area contributed by atoms with Gasteiger partial charge < -0.3 is 14.8 Å². The van der Waals surface area contributed by atoms with Crippen LogP contribution in [0, 0.1) is 0 Å². The van der Waals surface area contributed by atoms with Gasteiger partial charge in [0.05, 0.1) is 12.7 Å². The van der Waals surface area contributed by atoms with Crippen LogP contribution in [0.2, 0.25) is 0 Å². The highest BCUT2D eigenvalue weighted by Crippen LogP contribution is 2.34. The molecule has 4 heteroatoms. The first-order valence-corrected chi connectivity index (χ1v) is 8.16. The van der Waals surface area contributed by atoms with E-state index in [1.54, 1.807) is 14.2 Å². The summed E-state index contributed by atoms with van der Waals surface area (Å²) in [5.74, 6) is 0.384. The molecule has 0 aromatic heterocycles. The van der Waals surface area contributed by atoms with Crippen molar-refractivity contribution in [3.05, 3.63) is 35.4 Å². The Kier molecular flexibility index (Phi) is 6.40. The van der Waals surface area contributed by atoms with E-state index in [-0.39, 0.29) is 5.97 Å². The van der Waals surface area contributed by atoms with Gasteiger partial charge in [-0.25, -0.2) is 4.79 Å². The molecule has 0 spiro atoms. The number of hydrogen-bond donors (Lipinski definition) is 1. The summed E-state index contributed by atoms with van der Waals surface area (Å²) >= 11 is 0. The number of ether oxygens (including phenoxy) is 2. The third-order valence-corrected chi connectivity index (χ3v) is 4.56. The topological polar surface area (TPSA) is 47.6 Å². The molecule has 0 bridgehead atoms. The van der Waals surface area contributed by atoms with Crippen LogP contribution in [-0.4, -0.2) is 32.8 Å². The van der Waals surface area contributed by atoms with E-state index in [4.69, 9.17) is 9.47 Å². The molecule has 1 aliphatic carbocycles. The van der Waals surface area contributed by atoms with E-state index < -0.39 is 6.04 Å². The van der Waals surface area contributed by atoms with Crippen molar-refractivity contribution in [3.63, 3.8) is 0 Å². The minimum atomic E-state index is -0.391. The second-order valence-corrected chi connectivity index (χ2v) is 5.85. The molecule has 1 atom stereocenters. The molecular weight excluding hydrogens is 278 g/mol. The summed E-state index contributed by atoms with van der Waals surface area (Å²) < 4.78 is 10.5. The van der Waals surface area contributed by atoms with Gasteiger partial charge in [0.15, 0.2) is 0 Å². The van der Waals surface area contributed by atoms with E-state index in [0.29, 0.717) is 18.6 Å². The quantitative estimate of drug-likeness (QED) is 0.820. The van der Waals surface area contributed by atoms with Crippen LogP contribution in [0.25, 0.3) is 0 Å². The molecule has 0 saturated heterocycles. The van der Waals surface area contributed by atoms with Gasteiger partial charge in [0.25, 0.3) is 0 Å². The number of nitrogens with one attached hydrogen (secondary N) is 1. The Balaban J connectivity index is 2.02. The smallest absolute Gasteiger partial charge is 0.327 e. The van der Waals surface area contributed by atoms with Gasteiger partial charge in [-0.3, -0.25) is 0 Å². The molecule has 0 amide bonds. The maximum Gasteiger partial charge on any atom is 0.327 e. The minimum Gasteiger partial charge on any atom is -0.465 e. The fourth-order valence-corrected chi connectivity index (χ4v) is 3.24. The highest BCUT2D eigenvalue weighted by atomic mass is 16.5. The molecular formula is C18H27NO3. The molecule has 22 heavy (non-hydrogen) atoms. The van der Waals surface area contributed by atoms with E-state index >= 15 is 0 Å². The molecule has 1 fully saturated rings. The number of esters is 1. The van der Waals surface area contributed by atoms with Crippen molar-refractivity contribution in [2.75, 3.05) is 20.8 Å². The lowest BCUT2D eigenvalue weighted by Crippen LogP contribution is -2.27. The lowest BCUT2D eigenvalue weighted by Gasteiger charge is -2.28. The summed E-state index contributed by atoms with van der Waals surface area (Å²) in [6.07, 6.45) is 5.03. The molecule has 1 N–H and O–H groups in total. The van der Waals surface area contributed by atoms with Gasteiger partial charge in [0.1, 0.15) is 6.04 Å². The molecule has 1 aromatic carbocycles. The van der Waals surface area contributed by atoms with E-state index in [1.165, 1.54) is 18.4 Å². The van der Waals surface area contributed by atoms with Crippen LogP contribution in [0.15, 0.2) is 24.3 Å². The Morgan fingerprint density at radius 3 is 2.36 bits per heavy atom. The van der Waals surface area contributed by atoms with Crippen LogP contribution >= 0.6 is 0 Å². The molecule has 2 rings (SSSR count). The third-order valence-electron chi connectivity index (χ3n) is 4.56. The van der Waals surface area contributed by atoms with Gasteiger partial charge in [-0.05, 0) is 56.7 Å². The number of carbonyl (C=O) groups excluding carboxylic acids is 1. The number of methoxy groups -OCH3 is 1. The Hall–Kier alpha value is -1.39. The zero-order valence-corrected chi connectivity index (χ0v) is 13.8.